The fraction of sp³-hybridized carbons (Fsp3) is 0.769. The van der Waals surface area contributed by atoms with Crippen LogP contribution in [0, 0.1) is 0 Å². The Kier molecular flexibility index (Phi) is 4.83. The second-order valence-corrected chi connectivity index (χ2v) is 6.49. The van der Waals surface area contributed by atoms with Gasteiger partial charge in [0.15, 0.2) is 0 Å². The predicted molar refractivity (Wildman–Crippen MR) is 74.6 cm³/mol. The van der Waals surface area contributed by atoms with Gasteiger partial charge >= 0.3 is 12.0 Å². The summed E-state index contributed by atoms with van der Waals surface area (Å²) in [5.41, 5.74) is 3.90. The smallest absolute Gasteiger partial charge is 0.326 e. The normalized spacial score (nSPS) is 21.4. The van der Waals surface area contributed by atoms with Gasteiger partial charge in [0.05, 0.1) is 30.7 Å². The first-order valence-corrected chi connectivity index (χ1v) is 6.69. The molecule has 0 unspecified atom stereocenters. The maximum atomic E-state index is 12.2. The quantitative estimate of drug-likeness (QED) is 0.670. The van der Waals surface area contributed by atoms with Gasteiger partial charge in [0, 0.05) is 0 Å². The van der Waals surface area contributed by atoms with Gasteiger partial charge in [0.25, 0.3) is 0 Å². The molecule has 4 N–H and O–H groups in total. The summed E-state index contributed by atoms with van der Waals surface area (Å²) in [6.07, 6.45) is -0.446. The molecule has 0 aromatic rings. The average Bonchev–Trinajstić information content (AvgIpc) is 2.22. The molecule has 1 saturated heterocycles. The van der Waals surface area contributed by atoms with Gasteiger partial charge in [-0.05, 0) is 27.7 Å². The standard InChI is InChI=1S/C13H23N3O5/c1-12(2)6-16(7-13(3,4)21-12)11(20)15-8(10(18)19)5-9(14)17/h8H,5-7H2,1-4H3,(H2,14,17)(H,15,20)(H,18,19)/t8-/m0/s1. The molecule has 1 aliphatic heterocycles. The number of carboxylic acid groups (broad SMARTS) is 1. The SMILES string of the molecule is CC1(C)CN(C(=O)N[C@@H](CC(N)=O)C(=O)O)CC(C)(C)O1. The van der Waals surface area contributed by atoms with E-state index in [4.69, 9.17) is 15.6 Å². The summed E-state index contributed by atoms with van der Waals surface area (Å²) in [7, 11) is 0. The number of hydrogen-bond acceptors (Lipinski definition) is 4. The van der Waals surface area contributed by atoms with Crippen molar-refractivity contribution in [3.8, 4) is 0 Å². The van der Waals surface area contributed by atoms with Crippen molar-refractivity contribution in [1.82, 2.24) is 10.2 Å². The number of rotatable bonds is 4. The average molecular weight is 301 g/mol. The minimum Gasteiger partial charge on any atom is -0.480 e. The van der Waals surface area contributed by atoms with Crippen LogP contribution in [0.2, 0.25) is 0 Å². The number of amides is 3. The molecule has 0 aromatic carbocycles. The first kappa shape index (κ1) is 17.2. The van der Waals surface area contributed by atoms with Gasteiger partial charge in [-0.1, -0.05) is 0 Å². The van der Waals surface area contributed by atoms with Gasteiger partial charge in [-0.25, -0.2) is 9.59 Å². The number of urea groups is 1. The Hall–Kier alpha value is -1.83. The van der Waals surface area contributed by atoms with Crippen molar-refractivity contribution in [2.75, 3.05) is 13.1 Å². The number of hydrogen-bond donors (Lipinski definition) is 3. The van der Waals surface area contributed by atoms with Crippen molar-refractivity contribution >= 4 is 17.9 Å². The molecule has 8 nitrogen and oxygen atoms in total. The molecule has 21 heavy (non-hydrogen) atoms. The van der Waals surface area contributed by atoms with Crippen molar-refractivity contribution in [3.05, 3.63) is 0 Å². The number of ether oxygens (including phenoxy) is 1. The molecular weight excluding hydrogens is 278 g/mol. The lowest BCUT2D eigenvalue weighted by atomic mass is 9.99. The van der Waals surface area contributed by atoms with Crippen molar-refractivity contribution in [1.29, 1.82) is 0 Å². The number of carbonyl (C=O) groups is 3. The zero-order valence-electron chi connectivity index (χ0n) is 12.8. The number of primary amides is 1. The minimum atomic E-state index is -1.33. The zero-order chi connectivity index (χ0) is 16.4. The third-order valence-corrected chi connectivity index (χ3v) is 2.98. The third-order valence-electron chi connectivity index (χ3n) is 2.98. The van der Waals surface area contributed by atoms with Crippen molar-refractivity contribution in [3.63, 3.8) is 0 Å². The van der Waals surface area contributed by atoms with E-state index in [9.17, 15) is 14.4 Å². The van der Waals surface area contributed by atoms with E-state index >= 15 is 0 Å². The fourth-order valence-corrected chi connectivity index (χ4v) is 2.57. The van der Waals surface area contributed by atoms with Crippen LogP contribution in [-0.2, 0) is 14.3 Å². The topological polar surface area (TPSA) is 122 Å². The number of morpholine rings is 1. The first-order chi connectivity index (χ1) is 9.42. The Balaban J connectivity index is 2.77. The monoisotopic (exact) mass is 301 g/mol. The largest absolute Gasteiger partial charge is 0.480 e. The van der Waals surface area contributed by atoms with Crippen LogP contribution < -0.4 is 11.1 Å². The van der Waals surface area contributed by atoms with E-state index in [0.29, 0.717) is 13.1 Å². The molecule has 0 bridgehead atoms. The van der Waals surface area contributed by atoms with Crippen LogP contribution in [0.5, 0.6) is 0 Å². The molecule has 8 heteroatoms. The zero-order valence-corrected chi connectivity index (χ0v) is 12.8. The van der Waals surface area contributed by atoms with Crippen molar-refractivity contribution in [2.24, 2.45) is 5.73 Å². The van der Waals surface area contributed by atoms with Crippen LogP contribution in [0.1, 0.15) is 34.1 Å². The molecule has 120 valence electrons. The van der Waals surface area contributed by atoms with E-state index in [-0.39, 0.29) is 0 Å². The van der Waals surface area contributed by atoms with Crippen molar-refractivity contribution in [2.45, 2.75) is 51.4 Å². The molecule has 0 saturated carbocycles. The van der Waals surface area contributed by atoms with E-state index in [1.165, 1.54) is 4.90 Å². The van der Waals surface area contributed by atoms with Gasteiger partial charge < -0.3 is 25.8 Å². The Morgan fingerprint density at radius 2 is 1.71 bits per heavy atom. The predicted octanol–water partition coefficient (Wildman–Crippen LogP) is -0.0860. The molecule has 0 spiro atoms. The highest BCUT2D eigenvalue weighted by molar-refractivity contribution is 5.87. The summed E-state index contributed by atoms with van der Waals surface area (Å²) < 4.78 is 5.85. The Morgan fingerprint density at radius 3 is 2.10 bits per heavy atom. The Bertz CT molecular complexity index is 431. The fourth-order valence-electron chi connectivity index (χ4n) is 2.57. The Labute approximate surface area is 123 Å². The van der Waals surface area contributed by atoms with Gasteiger partial charge in [0.2, 0.25) is 5.91 Å². The highest BCUT2D eigenvalue weighted by atomic mass is 16.5. The minimum absolute atomic E-state index is 0.325. The van der Waals surface area contributed by atoms with E-state index in [1.807, 2.05) is 27.7 Å². The van der Waals surface area contributed by atoms with E-state index in [0.717, 1.165) is 0 Å². The molecule has 1 fully saturated rings. The van der Waals surface area contributed by atoms with E-state index < -0.39 is 41.6 Å². The highest BCUT2D eigenvalue weighted by Gasteiger charge is 2.40. The summed E-state index contributed by atoms with van der Waals surface area (Å²) in [6.45, 7) is 8.06. The second-order valence-electron chi connectivity index (χ2n) is 6.49. The summed E-state index contributed by atoms with van der Waals surface area (Å²) >= 11 is 0. The molecule has 0 aliphatic carbocycles. The molecule has 3 amide bonds. The van der Waals surface area contributed by atoms with Gasteiger partial charge in [-0.15, -0.1) is 0 Å². The molecule has 1 aliphatic rings. The number of carbonyl (C=O) groups excluding carboxylic acids is 2. The molecule has 0 aromatic heterocycles. The molecule has 1 atom stereocenters. The molecule has 1 heterocycles. The number of nitrogens with two attached hydrogens (primary N) is 1. The first-order valence-electron chi connectivity index (χ1n) is 6.69. The molecule has 1 rings (SSSR count). The third kappa shape index (κ3) is 5.22. The summed E-state index contributed by atoms with van der Waals surface area (Å²) in [5, 5.41) is 11.3. The van der Waals surface area contributed by atoms with Gasteiger partial charge in [-0.3, -0.25) is 4.79 Å². The summed E-state index contributed by atoms with van der Waals surface area (Å²) in [5.74, 6) is -2.08. The lowest BCUT2D eigenvalue weighted by Crippen LogP contribution is -2.61. The van der Waals surface area contributed by atoms with Gasteiger partial charge in [0.1, 0.15) is 6.04 Å². The van der Waals surface area contributed by atoms with Crippen LogP contribution in [0.25, 0.3) is 0 Å². The number of nitrogens with zero attached hydrogens (tertiary/aromatic N) is 1. The summed E-state index contributed by atoms with van der Waals surface area (Å²) in [6, 6.07) is -1.88. The number of nitrogens with one attached hydrogen (secondary N) is 1. The lowest BCUT2D eigenvalue weighted by molar-refractivity contribution is -0.170. The maximum Gasteiger partial charge on any atom is 0.326 e. The highest BCUT2D eigenvalue weighted by Crippen LogP contribution is 2.27. The van der Waals surface area contributed by atoms with Crippen LogP contribution in [0.15, 0.2) is 0 Å². The number of carboxylic acids is 1. The second kappa shape index (κ2) is 5.88. The summed E-state index contributed by atoms with van der Waals surface area (Å²) in [4.78, 5) is 35.6. The molecule has 0 radical (unpaired) electrons. The van der Waals surface area contributed by atoms with E-state index in [1.54, 1.807) is 0 Å². The maximum absolute atomic E-state index is 12.2. The van der Waals surface area contributed by atoms with E-state index in [2.05, 4.69) is 5.32 Å². The van der Waals surface area contributed by atoms with Crippen LogP contribution >= 0.6 is 0 Å². The van der Waals surface area contributed by atoms with Crippen LogP contribution in [-0.4, -0.2) is 58.2 Å². The Morgan fingerprint density at radius 1 is 1.24 bits per heavy atom. The molecular formula is C13H23N3O5. The van der Waals surface area contributed by atoms with Crippen LogP contribution in [0.3, 0.4) is 0 Å². The van der Waals surface area contributed by atoms with Crippen LogP contribution in [0.4, 0.5) is 4.79 Å². The number of aliphatic carboxylic acids is 1. The lowest BCUT2D eigenvalue weighted by Gasteiger charge is -2.47. The van der Waals surface area contributed by atoms with Crippen molar-refractivity contribution < 1.29 is 24.2 Å². The van der Waals surface area contributed by atoms with Gasteiger partial charge in [-0.2, -0.15) is 0 Å².